The van der Waals surface area contributed by atoms with Gasteiger partial charge in [-0.05, 0) is 6.07 Å². The van der Waals surface area contributed by atoms with Crippen LogP contribution in [0.1, 0.15) is 5.56 Å². The standard InChI is InChI=1S/C12H12N2O3/c1-14-7-9(6-13-17-8-12(15)16)10-4-2-3-5-11(10)14/h2-7H,8H2,1H3,(H,15,16)/b13-6+. The number of fused-ring (bicyclic) bond motifs is 1. The van der Waals surface area contributed by atoms with Crippen molar-refractivity contribution >= 4 is 23.1 Å². The number of hydrogen-bond acceptors (Lipinski definition) is 3. The summed E-state index contributed by atoms with van der Waals surface area (Å²) in [4.78, 5) is 14.8. The van der Waals surface area contributed by atoms with E-state index >= 15 is 0 Å². The second-order valence-electron chi connectivity index (χ2n) is 3.61. The van der Waals surface area contributed by atoms with E-state index in [1.54, 1.807) is 0 Å². The van der Waals surface area contributed by atoms with Gasteiger partial charge >= 0.3 is 5.97 Å². The molecule has 0 radical (unpaired) electrons. The quantitative estimate of drug-likeness (QED) is 0.643. The van der Waals surface area contributed by atoms with E-state index in [1.165, 1.54) is 6.21 Å². The molecule has 0 spiro atoms. The molecule has 1 aromatic carbocycles. The number of carboxylic acid groups (broad SMARTS) is 1. The molecule has 17 heavy (non-hydrogen) atoms. The van der Waals surface area contributed by atoms with Gasteiger partial charge in [-0.2, -0.15) is 0 Å². The van der Waals surface area contributed by atoms with Crippen LogP contribution in [-0.4, -0.2) is 28.5 Å². The average Bonchev–Trinajstić information content (AvgIpc) is 2.63. The Bertz CT molecular complexity index is 572. The fourth-order valence-corrected chi connectivity index (χ4v) is 1.66. The second-order valence-corrected chi connectivity index (χ2v) is 3.61. The first-order chi connectivity index (χ1) is 8.18. The smallest absolute Gasteiger partial charge is 0.344 e. The number of oxime groups is 1. The van der Waals surface area contributed by atoms with Crippen molar-refractivity contribution in [3.63, 3.8) is 0 Å². The first-order valence-electron chi connectivity index (χ1n) is 5.09. The molecule has 0 saturated carbocycles. The number of carbonyl (C=O) groups is 1. The third-order valence-corrected chi connectivity index (χ3v) is 2.38. The number of carboxylic acids is 1. The molecule has 0 saturated heterocycles. The molecule has 5 heteroatoms. The molecular weight excluding hydrogens is 220 g/mol. The van der Waals surface area contributed by atoms with Gasteiger partial charge in [-0.25, -0.2) is 4.79 Å². The number of para-hydroxylation sites is 1. The van der Waals surface area contributed by atoms with Crippen LogP contribution in [0.5, 0.6) is 0 Å². The van der Waals surface area contributed by atoms with E-state index in [0.717, 1.165) is 16.5 Å². The highest BCUT2D eigenvalue weighted by atomic mass is 16.6. The number of rotatable bonds is 4. The van der Waals surface area contributed by atoms with Crippen molar-refractivity contribution < 1.29 is 14.7 Å². The van der Waals surface area contributed by atoms with E-state index < -0.39 is 12.6 Å². The Balaban J connectivity index is 2.21. The summed E-state index contributed by atoms with van der Waals surface area (Å²) in [6.07, 6.45) is 3.43. The zero-order valence-corrected chi connectivity index (χ0v) is 9.33. The van der Waals surface area contributed by atoms with Crippen molar-refractivity contribution in [2.24, 2.45) is 12.2 Å². The van der Waals surface area contributed by atoms with Crippen molar-refractivity contribution in [1.29, 1.82) is 0 Å². The number of aromatic nitrogens is 1. The van der Waals surface area contributed by atoms with Crippen LogP contribution in [0, 0.1) is 0 Å². The zero-order valence-electron chi connectivity index (χ0n) is 9.33. The highest BCUT2D eigenvalue weighted by Crippen LogP contribution is 2.18. The van der Waals surface area contributed by atoms with Gasteiger partial charge in [0.05, 0.1) is 6.21 Å². The third kappa shape index (κ3) is 2.44. The lowest BCUT2D eigenvalue weighted by Gasteiger charge is -1.93. The van der Waals surface area contributed by atoms with Crippen LogP contribution in [0.2, 0.25) is 0 Å². The molecule has 0 atom stereocenters. The Morgan fingerprint density at radius 2 is 2.29 bits per heavy atom. The van der Waals surface area contributed by atoms with Crippen molar-refractivity contribution in [1.82, 2.24) is 4.57 Å². The minimum absolute atomic E-state index is 0.429. The minimum atomic E-state index is -1.04. The highest BCUT2D eigenvalue weighted by molar-refractivity contribution is 5.99. The van der Waals surface area contributed by atoms with Crippen LogP contribution in [0.3, 0.4) is 0 Å². The fourth-order valence-electron chi connectivity index (χ4n) is 1.66. The van der Waals surface area contributed by atoms with Gasteiger partial charge in [0, 0.05) is 29.7 Å². The first kappa shape index (κ1) is 11.2. The van der Waals surface area contributed by atoms with Gasteiger partial charge in [0.2, 0.25) is 6.61 Å². The van der Waals surface area contributed by atoms with Crippen molar-refractivity contribution in [3.8, 4) is 0 Å². The van der Waals surface area contributed by atoms with E-state index in [4.69, 9.17) is 5.11 Å². The van der Waals surface area contributed by atoms with E-state index in [2.05, 4.69) is 9.99 Å². The maximum Gasteiger partial charge on any atom is 0.344 e. The molecule has 0 aliphatic carbocycles. The summed E-state index contributed by atoms with van der Waals surface area (Å²) >= 11 is 0. The number of hydrogen-bond donors (Lipinski definition) is 1. The second kappa shape index (κ2) is 4.69. The summed E-state index contributed by atoms with van der Waals surface area (Å²) in [5.74, 6) is -1.04. The van der Waals surface area contributed by atoms with Gasteiger partial charge in [-0.15, -0.1) is 0 Å². The average molecular weight is 232 g/mol. The molecule has 0 aliphatic heterocycles. The Labute approximate surface area is 97.9 Å². The molecule has 1 aromatic heterocycles. The molecule has 0 aliphatic rings. The molecular formula is C12H12N2O3. The Morgan fingerprint density at radius 1 is 1.53 bits per heavy atom. The van der Waals surface area contributed by atoms with Gasteiger partial charge in [-0.1, -0.05) is 23.4 Å². The van der Waals surface area contributed by atoms with Crippen molar-refractivity contribution in [2.75, 3.05) is 6.61 Å². The van der Waals surface area contributed by atoms with Crippen LogP contribution < -0.4 is 0 Å². The SMILES string of the molecule is Cn1cc(/C=N/OCC(=O)O)c2ccccc21. The molecule has 1 heterocycles. The van der Waals surface area contributed by atoms with Gasteiger partial charge in [0.1, 0.15) is 0 Å². The number of nitrogens with zero attached hydrogens (tertiary/aromatic N) is 2. The molecule has 2 aromatic rings. The van der Waals surface area contributed by atoms with Gasteiger partial charge < -0.3 is 14.5 Å². The molecule has 0 amide bonds. The Hall–Kier alpha value is -2.30. The summed E-state index contributed by atoms with van der Waals surface area (Å²) < 4.78 is 1.98. The summed E-state index contributed by atoms with van der Waals surface area (Å²) in [6.45, 7) is -0.429. The fraction of sp³-hybridized carbons (Fsp3) is 0.167. The molecule has 88 valence electrons. The van der Waals surface area contributed by atoms with E-state index in [-0.39, 0.29) is 0 Å². The largest absolute Gasteiger partial charge is 0.479 e. The van der Waals surface area contributed by atoms with Crippen molar-refractivity contribution in [3.05, 3.63) is 36.0 Å². The van der Waals surface area contributed by atoms with Crippen LogP contribution in [-0.2, 0) is 16.7 Å². The van der Waals surface area contributed by atoms with Crippen LogP contribution in [0.15, 0.2) is 35.6 Å². The maximum atomic E-state index is 10.2. The van der Waals surface area contributed by atoms with Crippen molar-refractivity contribution in [2.45, 2.75) is 0 Å². The third-order valence-electron chi connectivity index (χ3n) is 2.38. The number of benzene rings is 1. The topological polar surface area (TPSA) is 63.8 Å². The normalized spacial score (nSPS) is 11.1. The van der Waals surface area contributed by atoms with Crippen LogP contribution in [0.4, 0.5) is 0 Å². The number of aryl methyl sites for hydroxylation is 1. The predicted molar refractivity (Wildman–Crippen MR) is 64.1 cm³/mol. The van der Waals surface area contributed by atoms with Gasteiger partial charge in [-0.3, -0.25) is 0 Å². The van der Waals surface area contributed by atoms with Crippen LogP contribution in [0.25, 0.3) is 10.9 Å². The molecule has 1 N–H and O–H groups in total. The molecule has 0 bridgehead atoms. The van der Waals surface area contributed by atoms with E-state index in [0.29, 0.717) is 0 Å². The Kier molecular flexibility index (Phi) is 3.09. The van der Waals surface area contributed by atoms with E-state index in [1.807, 2.05) is 42.1 Å². The highest BCUT2D eigenvalue weighted by Gasteiger charge is 2.03. The number of aliphatic carboxylic acids is 1. The van der Waals surface area contributed by atoms with Gasteiger partial charge in [0.25, 0.3) is 0 Å². The monoisotopic (exact) mass is 232 g/mol. The predicted octanol–water partition coefficient (Wildman–Crippen LogP) is 1.61. The summed E-state index contributed by atoms with van der Waals surface area (Å²) in [5, 5.41) is 13.1. The zero-order chi connectivity index (χ0) is 12.3. The lowest BCUT2D eigenvalue weighted by molar-refractivity contribution is -0.142. The molecule has 0 fully saturated rings. The van der Waals surface area contributed by atoms with E-state index in [9.17, 15) is 4.79 Å². The summed E-state index contributed by atoms with van der Waals surface area (Å²) in [7, 11) is 1.94. The molecule has 5 nitrogen and oxygen atoms in total. The first-order valence-corrected chi connectivity index (χ1v) is 5.09. The summed E-state index contributed by atoms with van der Waals surface area (Å²) in [5.41, 5.74) is 1.99. The Morgan fingerprint density at radius 3 is 3.06 bits per heavy atom. The van der Waals surface area contributed by atoms with Gasteiger partial charge in [0.15, 0.2) is 0 Å². The van der Waals surface area contributed by atoms with Crippen LogP contribution >= 0.6 is 0 Å². The lowest BCUT2D eigenvalue weighted by Crippen LogP contribution is -2.03. The lowest BCUT2D eigenvalue weighted by atomic mass is 10.2. The minimum Gasteiger partial charge on any atom is -0.479 e. The molecule has 0 unspecified atom stereocenters. The maximum absolute atomic E-state index is 10.2. The summed E-state index contributed by atoms with van der Waals surface area (Å²) in [6, 6.07) is 7.89. The molecule has 2 rings (SSSR count).